The van der Waals surface area contributed by atoms with E-state index in [0.29, 0.717) is 6.61 Å². The lowest BCUT2D eigenvalue weighted by Gasteiger charge is -2.46. The Morgan fingerprint density at radius 3 is 2.12 bits per heavy atom. The van der Waals surface area contributed by atoms with Gasteiger partial charge in [0.05, 0.1) is 23.2 Å². The quantitative estimate of drug-likeness (QED) is 0.750. The van der Waals surface area contributed by atoms with Crippen LogP contribution in [0.2, 0.25) is 0 Å². The molecule has 138 valence electrons. The van der Waals surface area contributed by atoms with Gasteiger partial charge in [-0.05, 0) is 30.5 Å². The van der Waals surface area contributed by atoms with Crippen molar-refractivity contribution in [2.24, 2.45) is 0 Å². The Morgan fingerprint density at radius 1 is 0.846 bits per heavy atom. The number of hydrogen-bond acceptors (Lipinski definition) is 4. The summed E-state index contributed by atoms with van der Waals surface area (Å²) >= 11 is 0. The highest BCUT2D eigenvalue weighted by Gasteiger charge is 2.49. The lowest BCUT2D eigenvalue weighted by Crippen LogP contribution is -2.53. The van der Waals surface area contributed by atoms with Crippen LogP contribution in [0.25, 0.3) is 0 Å². The maximum absolute atomic E-state index is 13.0. The third kappa shape index (κ3) is 3.62. The summed E-state index contributed by atoms with van der Waals surface area (Å²) < 4.78 is 19.2. The molecule has 4 nitrogen and oxygen atoms in total. The van der Waals surface area contributed by atoms with E-state index in [1.165, 1.54) is 6.42 Å². The van der Waals surface area contributed by atoms with Gasteiger partial charge < -0.3 is 4.74 Å². The van der Waals surface area contributed by atoms with E-state index in [-0.39, 0.29) is 5.75 Å². The fourth-order valence-corrected chi connectivity index (χ4v) is 5.01. The van der Waals surface area contributed by atoms with E-state index in [4.69, 9.17) is 14.5 Å². The van der Waals surface area contributed by atoms with Crippen LogP contribution in [0.1, 0.15) is 37.7 Å². The van der Waals surface area contributed by atoms with E-state index < -0.39 is 22.2 Å². The minimum atomic E-state index is -1.22. The lowest BCUT2D eigenvalue weighted by atomic mass is 9.92. The summed E-state index contributed by atoms with van der Waals surface area (Å²) in [5.41, 5.74) is 0.0555. The third-order valence-electron chi connectivity index (χ3n) is 5.21. The van der Waals surface area contributed by atoms with E-state index in [9.17, 15) is 4.21 Å². The summed E-state index contributed by atoms with van der Waals surface area (Å²) in [6.45, 7) is 0.343. The van der Waals surface area contributed by atoms with Crippen molar-refractivity contribution in [3.05, 3.63) is 66.2 Å². The van der Waals surface area contributed by atoms with Crippen LogP contribution >= 0.6 is 0 Å². The molecule has 2 atom stereocenters. The Morgan fingerprint density at radius 2 is 1.50 bits per heavy atom. The van der Waals surface area contributed by atoms with Crippen LogP contribution < -0.4 is 0 Å². The number of benzene rings is 2. The Labute approximate surface area is 156 Å². The standard InChI is InChI=1S/C21H24O4S/c22-26(19-12-6-2-7-13-19)17-20(18-10-4-1-5-11-18)16-23-21(25-24-20)14-8-3-9-15-21/h1-2,4-7,10-13H,3,8-9,14-17H2. The molecule has 2 aromatic rings. The topological polar surface area (TPSA) is 44.8 Å². The molecular formula is C21H24O4S. The first-order valence-corrected chi connectivity index (χ1v) is 10.5. The molecule has 2 fully saturated rings. The van der Waals surface area contributed by atoms with Crippen molar-refractivity contribution in [1.29, 1.82) is 0 Å². The Hall–Kier alpha value is -1.53. The van der Waals surface area contributed by atoms with Crippen molar-refractivity contribution in [3.8, 4) is 0 Å². The highest BCUT2D eigenvalue weighted by molar-refractivity contribution is 7.85. The zero-order valence-electron chi connectivity index (χ0n) is 14.8. The molecule has 5 heteroatoms. The number of rotatable bonds is 4. The van der Waals surface area contributed by atoms with Crippen molar-refractivity contribution in [1.82, 2.24) is 0 Å². The average Bonchev–Trinajstić information content (AvgIpc) is 2.72. The van der Waals surface area contributed by atoms with Gasteiger partial charge >= 0.3 is 0 Å². The summed E-state index contributed by atoms with van der Waals surface area (Å²) in [5.74, 6) is -0.345. The minimum Gasteiger partial charge on any atom is -0.344 e. The van der Waals surface area contributed by atoms with Gasteiger partial charge in [-0.15, -0.1) is 0 Å². The predicted octanol–water partition coefficient (Wildman–Crippen LogP) is 4.33. The predicted molar refractivity (Wildman–Crippen MR) is 99.8 cm³/mol. The zero-order chi connectivity index (χ0) is 17.9. The van der Waals surface area contributed by atoms with Gasteiger partial charge in [-0.3, -0.25) is 4.21 Å². The van der Waals surface area contributed by atoms with Crippen LogP contribution in [0.3, 0.4) is 0 Å². The molecule has 1 saturated heterocycles. The fraction of sp³-hybridized carbons (Fsp3) is 0.429. The highest BCUT2D eigenvalue weighted by Crippen LogP contribution is 2.42. The molecule has 2 aromatic carbocycles. The molecule has 1 heterocycles. The van der Waals surface area contributed by atoms with E-state index >= 15 is 0 Å². The fourth-order valence-electron chi connectivity index (χ4n) is 3.66. The van der Waals surface area contributed by atoms with Gasteiger partial charge in [-0.1, -0.05) is 55.0 Å². The molecule has 2 aliphatic rings. The molecule has 1 saturated carbocycles. The molecule has 26 heavy (non-hydrogen) atoms. The minimum absolute atomic E-state index is 0.289. The largest absolute Gasteiger partial charge is 0.344 e. The first-order valence-electron chi connectivity index (χ1n) is 9.21. The normalized spacial score (nSPS) is 26.5. The van der Waals surface area contributed by atoms with Crippen molar-refractivity contribution < 1.29 is 18.7 Å². The molecule has 0 bridgehead atoms. The van der Waals surface area contributed by atoms with Crippen molar-refractivity contribution in [2.75, 3.05) is 12.4 Å². The van der Waals surface area contributed by atoms with Crippen LogP contribution in [0.5, 0.6) is 0 Å². The summed E-state index contributed by atoms with van der Waals surface area (Å²) in [6.07, 6.45) is 5.06. The van der Waals surface area contributed by atoms with Crippen LogP contribution in [0, 0.1) is 0 Å². The van der Waals surface area contributed by atoms with Gasteiger partial charge in [-0.2, -0.15) is 0 Å². The van der Waals surface area contributed by atoms with Crippen molar-refractivity contribution in [2.45, 2.75) is 48.4 Å². The molecule has 0 N–H and O–H groups in total. The molecule has 0 aromatic heterocycles. The zero-order valence-corrected chi connectivity index (χ0v) is 15.6. The number of ether oxygens (including phenoxy) is 1. The Balaban J connectivity index is 1.59. The van der Waals surface area contributed by atoms with E-state index in [1.54, 1.807) is 0 Å². The molecular weight excluding hydrogens is 348 g/mol. The summed E-state index contributed by atoms with van der Waals surface area (Å²) in [4.78, 5) is 12.7. The van der Waals surface area contributed by atoms with Crippen molar-refractivity contribution in [3.63, 3.8) is 0 Å². The van der Waals surface area contributed by atoms with Gasteiger partial charge in [0.2, 0.25) is 5.79 Å². The van der Waals surface area contributed by atoms with E-state index in [2.05, 4.69) is 0 Å². The molecule has 1 aliphatic heterocycles. The number of hydrogen-bond donors (Lipinski definition) is 0. The Kier molecular flexibility index (Phi) is 5.23. The van der Waals surface area contributed by atoms with Crippen LogP contribution in [-0.2, 0) is 30.9 Å². The summed E-state index contributed by atoms with van der Waals surface area (Å²) in [5, 5.41) is 0. The van der Waals surface area contributed by atoms with Gasteiger partial charge in [0.1, 0.15) is 0 Å². The van der Waals surface area contributed by atoms with Gasteiger partial charge in [0.15, 0.2) is 5.60 Å². The van der Waals surface area contributed by atoms with Crippen LogP contribution in [0.4, 0.5) is 0 Å². The van der Waals surface area contributed by atoms with Crippen LogP contribution in [0.15, 0.2) is 65.6 Å². The van der Waals surface area contributed by atoms with Gasteiger partial charge in [0.25, 0.3) is 0 Å². The Bertz CT molecular complexity index is 731. The first-order chi connectivity index (χ1) is 12.7. The molecule has 1 spiro atoms. The van der Waals surface area contributed by atoms with Gasteiger partial charge in [0, 0.05) is 17.7 Å². The van der Waals surface area contributed by atoms with Gasteiger partial charge in [-0.25, -0.2) is 9.78 Å². The summed E-state index contributed by atoms with van der Waals surface area (Å²) in [7, 11) is -1.22. The second kappa shape index (κ2) is 7.61. The molecule has 4 rings (SSSR count). The average molecular weight is 372 g/mol. The second-order valence-electron chi connectivity index (χ2n) is 7.09. The second-order valence-corrected chi connectivity index (χ2v) is 8.54. The summed E-state index contributed by atoms with van der Waals surface area (Å²) in [6, 6.07) is 19.3. The molecule has 0 radical (unpaired) electrons. The highest BCUT2D eigenvalue weighted by atomic mass is 32.2. The maximum atomic E-state index is 13.0. The monoisotopic (exact) mass is 372 g/mol. The van der Waals surface area contributed by atoms with E-state index in [1.807, 2.05) is 60.7 Å². The lowest BCUT2D eigenvalue weighted by molar-refractivity contribution is -0.517. The first kappa shape index (κ1) is 17.9. The molecule has 0 amide bonds. The maximum Gasteiger partial charge on any atom is 0.201 e. The van der Waals surface area contributed by atoms with E-state index in [0.717, 1.165) is 36.1 Å². The smallest absolute Gasteiger partial charge is 0.201 e. The van der Waals surface area contributed by atoms with Crippen LogP contribution in [-0.4, -0.2) is 22.4 Å². The SMILES string of the molecule is O=S(CC1(c2ccccc2)COC2(CCCCC2)OO1)c1ccccc1. The van der Waals surface area contributed by atoms with Crippen molar-refractivity contribution >= 4 is 10.8 Å². The molecule has 2 unspecified atom stereocenters. The third-order valence-corrected chi connectivity index (χ3v) is 6.73. The molecule has 1 aliphatic carbocycles.